The van der Waals surface area contributed by atoms with E-state index in [9.17, 15) is 0 Å². The third-order valence-corrected chi connectivity index (χ3v) is 4.83. The quantitative estimate of drug-likeness (QED) is 0.565. The van der Waals surface area contributed by atoms with Crippen LogP contribution in [0.3, 0.4) is 0 Å². The number of rotatable bonds is 8. The zero-order chi connectivity index (χ0) is 17.4. The predicted molar refractivity (Wildman–Crippen MR) is 101 cm³/mol. The van der Waals surface area contributed by atoms with Gasteiger partial charge in [-0.3, -0.25) is 0 Å². The Hall–Kier alpha value is -1.14. The molecule has 5 nitrogen and oxygen atoms in total. The van der Waals surface area contributed by atoms with Gasteiger partial charge >= 0.3 is 0 Å². The Balaban J connectivity index is 2.63. The molecule has 0 radical (unpaired) electrons. The Bertz CT molecular complexity index is 474. The lowest BCUT2D eigenvalue weighted by atomic mass is 10.0. The molecule has 0 aliphatic carbocycles. The van der Waals surface area contributed by atoms with Gasteiger partial charge in [0.2, 0.25) is 0 Å². The van der Waals surface area contributed by atoms with Gasteiger partial charge in [-0.25, -0.2) is 9.98 Å². The molecular formula is C17H33N5S. The van der Waals surface area contributed by atoms with Crippen molar-refractivity contribution in [2.75, 3.05) is 27.2 Å². The summed E-state index contributed by atoms with van der Waals surface area (Å²) in [6.07, 6.45) is 1.17. The highest BCUT2D eigenvalue weighted by molar-refractivity contribution is 7.11. The standard InChI is InChI=1S/C17H33N5S/c1-8-18-17(19-10-15(22(6)7)9-12(2)3)20-11-16-21-13(4)14(5)23-16/h12,15H,8-11H2,1-7H3,(H2,18,19,20). The van der Waals surface area contributed by atoms with Gasteiger partial charge in [-0.15, -0.1) is 11.3 Å². The van der Waals surface area contributed by atoms with Crippen LogP contribution < -0.4 is 10.6 Å². The fraction of sp³-hybridized carbons (Fsp3) is 0.765. The number of aryl methyl sites for hydroxylation is 2. The van der Waals surface area contributed by atoms with Gasteiger partial charge in [-0.05, 0) is 47.2 Å². The van der Waals surface area contributed by atoms with Crippen LogP contribution in [0.4, 0.5) is 0 Å². The van der Waals surface area contributed by atoms with Crippen molar-refractivity contribution >= 4 is 17.3 Å². The highest BCUT2D eigenvalue weighted by Crippen LogP contribution is 2.17. The second-order valence-electron chi connectivity index (χ2n) is 6.57. The number of aliphatic imine (C=N–C) groups is 1. The van der Waals surface area contributed by atoms with E-state index in [2.05, 4.69) is 74.2 Å². The molecule has 0 fully saturated rings. The highest BCUT2D eigenvalue weighted by Gasteiger charge is 2.14. The fourth-order valence-electron chi connectivity index (χ4n) is 2.33. The molecule has 0 saturated heterocycles. The number of likely N-dealkylation sites (N-methyl/N-ethyl adjacent to an activating group) is 1. The topological polar surface area (TPSA) is 52.6 Å². The molecule has 1 heterocycles. The van der Waals surface area contributed by atoms with E-state index in [1.165, 1.54) is 11.3 Å². The minimum atomic E-state index is 0.503. The Kier molecular flexibility index (Phi) is 8.55. The van der Waals surface area contributed by atoms with Crippen LogP contribution in [0.1, 0.15) is 42.8 Å². The monoisotopic (exact) mass is 339 g/mol. The number of thiazole rings is 1. The first-order valence-corrected chi connectivity index (χ1v) is 9.26. The number of aromatic nitrogens is 1. The number of nitrogens with one attached hydrogen (secondary N) is 2. The molecule has 0 aromatic carbocycles. The van der Waals surface area contributed by atoms with E-state index in [4.69, 9.17) is 0 Å². The minimum Gasteiger partial charge on any atom is -0.357 e. The van der Waals surface area contributed by atoms with Crippen LogP contribution >= 0.6 is 11.3 Å². The molecule has 132 valence electrons. The highest BCUT2D eigenvalue weighted by atomic mass is 32.1. The van der Waals surface area contributed by atoms with Crippen LogP contribution in [0.15, 0.2) is 4.99 Å². The van der Waals surface area contributed by atoms with Gasteiger partial charge in [0, 0.05) is 24.0 Å². The molecule has 0 spiro atoms. The van der Waals surface area contributed by atoms with E-state index in [1.807, 2.05) is 0 Å². The molecule has 1 atom stereocenters. The van der Waals surface area contributed by atoms with E-state index in [-0.39, 0.29) is 0 Å². The summed E-state index contributed by atoms with van der Waals surface area (Å²) >= 11 is 1.73. The van der Waals surface area contributed by atoms with Crippen molar-refractivity contribution in [3.8, 4) is 0 Å². The number of nitrogens with zero attached hydrogens (tertiary/aromatic N) is 3. The van der Waals surface area contributed by atoms with E-state index in [0.29, 0.717) is 18.5 Å². The third kappa shape index (κ3) is 7.31. The van der Waals surface area contributed by atoms with Crippen molar-refractivity contribution in [1.82, 2.24) is 20.5 Å². The normalized spacial score (nSPS) is 13.7. The van der Waals surface area contributed by atoms with Gasteiger partial charge in [-0.1, -0.05) is 13.8 Å². The molecule has 1 rings (SSSR count). The van der Waals surface area contributed by atoms with E-state index >= 15 is 0 Å². The molecule has 0 aliphatic heterocycles. The Morgan fingerprint density at radius 1 is 1.26 bits per heavy atom. The zero-order valence-corrected chi connectivity index (χ0v) is 16.5. The summed E-state index contributed by atoms with van der Waals surface area (Å²) in [5.74, 6) is 1.55. The van der Waals surface area contributed by atoms with Gasteiger partial charge in [0.25, 0.3) is 0 Å². The SMILES string of the molecule is CCNC(=NCc1nc(C)c(C)s1)NCC(CC(C)C)N(C)C. The van der Waals surface area contributed by atoms with Crippen LogP contribution in [-0.2, 0) is 6.54 Å². The molecule has 0 amide bonds. The summed E-state index contributed by atoms with van der Waals surface area (Å²) in [5.41, 5.74) is 1.11. The summed E-state index contributed by atoms with van der Waals surface area (Å²) in [6, 6.07) is 0.503. The predicted octanol–water partition coefficient (Wildman–Crippen LogP) is 2.79. The second-order valence-corrected chi connectivity index (χ2v) is 7.86. The summed E-state index contributed by atoms with van der Waals surface area (Å²) in [5, 5.41) is 7.87. The maximum absolute atomic E-state index is 4.67. The van der Waals surface area contributed by atoms with Crippen LogP contribution in [0.2, 0.25) is 0 Å². The van der Waals surface area contributed by atoms with E-state index in [1.54, 1.807) is 11.3 Å². The first-order chi connectivity index (χ1) is 10.8. The first-order valence-electron chi connectivity index (χ1n) is 8.45. The molecule has 2 N–H and O–H groups in total. The lowest BCUT2D eigenvalue weighted by Gasteiger charge is -2.27. The Morgan fingerprint density at radius 3 is 2.43 bits per heavy atom. The van der Waals surface area contributed by atoms with Gasteiger partial charge in [0.1, 0.15) is 5.01 Å². The lowest BCUT2D eigenvalue weighted by molar-refractivity contribution is 0.254. The molecular weight excluding hydrogens is 306 g/mol. The molecule has 1 aromatic rings. The summed E-state index contributed by atoms with van der Waals surface area (Å²) < 4.78 is 0. The van der Waals surface area contributed by atoms with Crippen LogP contribution in [-0.4, -0.2) is 49.1 Å². The fourth-order valence-corrected chi connectivity index (χ4v) is 3.19. The Morgan fingerprint density at radius 2 is 1.96 bits per heavy atom. The van der Waals surface area contributed by atoms with Crippen molar-refractivity contribution in [3.05, 3.63) is 15.6 Å². The maximum atomic E-state index is 4.67. The van der Waals surface area contributed by atoms with E-state index < -0.39 is 0 Å². The summed E-state index contributed by atoms with van der Waals surface area (Å²) in [4.78, 5) is 12.8. The average Bonchev–Trinajstić information content (AvgIpc) is 2.78. The second kappa shape index (κ2) is 9.88. The average molecular weight is 340 g/mol. The minimum absolute atomic E-state index is 0.503. The number of hydrogen-bond donors (Lipinski definition) is 2. The number of guanidine groups is 1. The van der Waals surface area contributed by atoms with Gasteiger partial charge < -0.3 is 15.5 Å². The molecule has 0 aliphatic rings. The first kappa shape index (κ1) is 19.9. The summed E-state index contributed by atoms with van der Waals surface area (Å²) in [7, 11) is 4.28. The lowest BCUT2D eigenvalue weighted by Crippen LogP contribution is -2.45. The van der Waals surface area contributed by atoms with Gasteiger partial charge in [0.15, 0.2) is 5.96 Å². The molecule has 1 aromatic heterocycles. The molecule has 6 heteroatoms. The molecule has 1 unspecified atom stereocenters. The largest absolute Gasteiger partial charge is 0.357 e. The third-order valence-electron chi connectivity index (χ3n) is 3.77. The molecule has 23 heavy (non-hydrogen) atoms. The number of hydrogen-bond acceptors (Lipinski definition) is 4. The smallest absolute Gasteiger partial charge is 0.191 e. The van der Waals surface area contributed by atoms with Gasteiger partial charge in [0.05, 0.1) is 12.2 Å². The van der Waals surface area contributed by atoms with Crippen molar-refractivity contribution < 1.29 is 0 Å². The van der Waals surface area contributed by atoms with Gasteiger partial charge in [-0.2, -0.15) is 0 Å². The summed E-state index contributed by atoms with van der Waals surface area (Å²) in [6.45, 7) is 13.2. The van der Waals surface area contributed by atoms with Crippen molar-refractivity contribution in [1.29, 1.82) is 0 Å². The van der Waals surface area contributed by atoms with Crippen molar-refractivity contribution in [3.63, 3.8) is 0 Å². The van der Waals surface area contributed by atoms with Crippen molar-refractivity contribution in [2.45, 2.75) is 53.6 Å². The molecule has 0 saturated carbocycles. The van der Waals surface area contributed by atoms with Crippen LogP contribution in [0.5, 0.6) is 0 Å². The zero-order valence-electron chi connectivity index (χ0n) is 15.7. The van der Waals surface area contributed by atoms with Crippen LogP contribution in [0.25, 0.3) is 0 Å². The molecule has 0 bridgehead atoms. The maximum Gasteiger partial charge on any atom is 0.191 e. The van der Waals surface area contributed by atoms with Crippen molar-refractivity contribution in [2.24, 2.45) is 10.9 Å². The Labute approximate surface area is 145 Å². The van der Waals surface area contributed by atoms with Crippen LogP contribution in [0, 0.1) is 19.8 Å². The van der Waals surface area contributed by atoms with E-state index in [0.717, 1.165) is 29.8 Å².